The Morgan fingerprint density at radius 3 is 0.862 bits per heavy atom. The average molecular weight is 755 g/mol. The molecule has 5 aromatic carbocycles. The van der Waals surface area contributed by atoms with Gasteiger partial charge in [0, 0.05) is 16.7 Å². The van der Waals surface area contributed by atoms with Crippen molar-refractivity contribution in [2.24, 2.45) is 35.5 Å². The SMILES string of the molecule is N#Cc1ccc(-c2ccc(-c3ccc(-c4nc(-c5ccc(C67C[C@H]8C[C@@H](C6)C[C@@H](C7)C8)cc5)nc(-c5ccc(C67C[C@H]8C[C@@H](C6)C[C@@H](C7)C8)cc5)n4)cc3)cc2)cc1. The monoisotopic (exact) mass is 754 g/mol. The molecule has 0 spiro atoms. The quantitative estimate of drug-likeness (QED) is 0.163. The second-order valence-electron chi connectivity index (χ2n) is 19.7. The molecule has 0 unspecified atom stereocenters. The lowest BCUT2D eigenvalue weighted by atomic mass is 9.48. The van der Waals surface area contributed by atoms with Crippen molar-refractivity contribution in [1.82, 2.24) is 15.0 Å². The molecule has 8 aliphatic rings. The van der Waals surface area contributed by atoms with Crippen molar-refractivity contribution in [1.29, 1.82) is 5.26 Å². The van der Waals surface area contributed by atoms with Crippen molar-refractivity contribution in [3.05, 3.63) is 138 Å². The van der Waals surface area contributed by atoms with Crippen LogP contribution in [0.3, 0.4) is 0 Å². The van der Waals surface area contributed by atoms with Crippen LogP contribution in [0.2, 0.25) is 0 Å². The third-order valence-corrected chi connectivity index (χ3v) is 15.9. The van der Waals surface area contributed by atoms with Crippen molar-refractivity contribution >= 4 is 0 Å². The molecule has 4 heteroatoms. The minimum Gasteiger partial charge on any atom is -0.208 e. The number of aromatic nitrogens is 3. The van der Waals surface area contributed by atoms with E-state index in [0.717, 1.165) is 86.1 Å². The molecular formula is C54H50N4. The van der Waals surface area contributed by atoms with E-state index >= 15 is 0 Å². The fourth-order valence-electron chi connectivity index (χ4n) is 14.0. The molecule has 0 amide bonds. The predicted molar refractivity (Wildman–Crippen MR) is 231 cm³/mol. The van der Waals surface area contributed by atoms with E-state index in [9.17, 15) is 5.26 Å². The second-order valence-corrected chi connectivity index (χ2v) is 19.7. The van der Waals surface area contributed by atoms with E-state index in [4.69, 9.17) is 15.0 Å². The van der Waals surface area contributed by atoms with E-state index in [1.807, 2.05) is 24.3 Å². The molecule has 8 fully saturated rings. The number of nitrogens with zero attached hydrogens (tertiary/aromatic N) is 4. The van der Waals surface area contributed by atoms with Crippen molar-refractivity contribution in [2.75, 3.05) is 0 Å². The Bertz CT molecular complexity index is 2370. The first-order chi connectivity index (χ1) is 28.4. The van der Waals surface area contributed by atoms with Crippen LogP contribution in [0.25, 0.3) is 56.4 Å². The van der Waals surface area contributed by atoms with Crippen LogP contribution in [0.4, 0.5) is 0 Å². The Morgan fingerprint density at radius 1 is 0.345 bits per heavy atom. The zero-order valence-corrected chi connectivity index (χ0v) is 33.3. The summed E-state index contributed by atoms with van der Waals surface area (Å²) in [6.45, 7) is 0. The number of nitriles is 1. The zero-order valence-electron chi connectivity index (χ0n) is 33.3. The molecule has 8 aliphatic carbocycles. The van der Waals surface area contributed by atoms with Gasteiger partial charge in [-0.2, -0.15) is 5.26 Å². The largest absolute Gasteiger partial charge is 0.208 e. The molecular weight excluding hydrogens is 705 g/mol. The maximum atomic E-state index is 9.19. The van der Waals surface area contributed by atoms with Gasteiger partial charge in [-0.15, -0.1) is 0 Å². The Labute approximate surface area is 342 Å². The summed E-state index contributed by atoms with van der Waals surface area (Å²) in [6, 6.07) is 46.1. The summed E-state index contributed by atoms with van der Waals surface area (Å²) in [5, 5.41) is 9.19. The van der Waals surface area contributed by atoms with Crippen LogP contribution >= 0.6 is 0 Å². The fourth-order valence-corrected chi connectivity index (χ4v) is 14.0. The molecule has 0 N–H and O–H groups in total. The lowest BCUT2D eigenvalue weighted by molar-refractivity contribution is -0.00530. The molecule has 6 aromatic rings. The Kier molecular flexibility index (Phi) is 7.95. The summed E-state index contributed by atoms with van der Waals surface area (Å²) in [5.74, 6) is 7.73. The summed E-state index contributed by atoms with van der Waals surface area (Å²) in [6.07, 6.45) is 17.0. The van der Waals surface area contributed by atoms with Gasteiger partial charge in [-0.3, -0.25) is 0 Å². The molecule has 0 radical (unpaired) electrons. The van der Waals surface area contributed by atoms with Crippen LogP contribution in [0.1, 0.15) is 93.7 Å². The lowest BCUT2D eigenvalue weighted by Crippen LogP contribution is -2.48. The lowest BCUT2D eigenvalue weighted by Gasteiger charge is -2.57. The van der Waals surface area contributed by atoms with Crippen molar-refractivity contribution in [3.8, 4) is 62.5 Å². The van der Waals surface area contributed by atoms with Crippen LogP contribution in [-0.4, -0.2) is 15.0 Å². The maximum absolute atomic E-state index is 9.19. The molecule has 1 heterocycles. The van der Waals surface area contributed by atoms with Gasteiger partial charge in [0.15, 0.2) is 17.5 Å². The van der Waals surface area contributed by atoms with Crippen LogP contribution < -0.4 is 0 Å². The van der Waals surface area contributed by atoms with Crippen LogP contribution in [0.5, 0.6) is 0 Å². The van der Waals surface area contributed by atoms with E-state index in [0.29, 0.717) is 22.2 Å². The third-order valence-electron chi connectivity index (χ3n) is 15.9. The standard InChI is InChI=1S/C54H50N4/c55-33-34-1-3-41(4-2-34)42-5-7-43(8-6-42)44-9-11-45(12-10-44)50-56-51(46-13-17-48(18-14-46)53-27-35-21-36(28-53)23-37(22-35)29-53)58-52(57-50)47-15-19-49(20-16-47)54-30-38-24-39(31-54)26-40(25-38)32-54/h1-20,35-40H,21-32H2/t35-,36+,37-,38-,39+,40-,53?,54?. The van der Waals surface area contributed by atoms with Gasteiger partial charge in [-0.1, -0.05) is 109 Å². The van der Waals surface area contributed by atoms with E-state index in [-0.39, 0.29) is 0 Å². The van der Waals surface area contributed by atoms with E-state index < -0.39 is 0 Å². The summed E-state index contributed by atoms with van der Waals surface area (Å²) in [7, 11) is 0. The first kappa shape index (κ1) is 34.6. The van der Waals surface area contributed by atoms with Gasteiger partial charge in [0.1, 0.15) is 0 Å². The van der Waals surface area contributed by atoms with Gasteiger partial charge in [0.05, 0.1) is 11.6 Å². The first-order valence-corrected chi connectivity index (χ1v) is 22.1. The van der Waals surface area contributed by atoms with Gasteiger partial charge in [0.2, 0.25) is 0 Å². The highest BCUT2D eigenvalue weighted by Crippen LogP contribution is 2.62. The van der Waals surface area contributed by atoms with Gasteiger partial charge >= 0.3 is 0 Å². The Morgan fingerprint density at radius 2 is 0.586 bits per heavy atom. The third kappa shape index (κ3) is 5.95. The molecule has 0 aliphatic heterocycles. The fraction of sp³-hybridized carbons (Fsp3) is 0.370. The second kappa shape index (κ2) is 13.3. The molecule has 58 heavy (non-hydrogen) atoms. The van der Waals surface area contributed by atoms with Crippen molar-refractivity contribution < 1.29 is 0 Å². The van der Waals surface area contributed by atoms with E-state index in [2.05, 4.69) is 103 Å². The van der Waals surface area contributed by atoms with Crippen LogP contribution in [0.15, 0.2) is 121 Å². The Hall–Kier alpha value is -5.40. The molecule has 14 rings (SSSR count). The maximum Gasteiger partial charge on any atom is 0.164 e. The average Bonchev–Trinajstić information content (AvgIpc) is 3.26. The summed E-state index contributed by atoms with van der Waals surface area (Å²) >= 11 is 0. The van der Waals surface area contributed by atoms with Gasteiger partial charge in [0.25, 0.3) is 0 Å². The molecule has 4 nitrogen and oxygen atoms in total. The molecule has 286 valence electrons. The molecule has 0 atom stereocenters. The normalized spacial score (nSPS) is 30.1. The summed E-state index contributed by atoms with van der Waals surface area (Å²) < 4.78 is 0. The van der Waals surface area contributed by atoms with E-state index in [1.54, 1.807) is 0 Å². The number of benzene rings is 5. The summed E-state index contributed by atoms with van der Waals surface area (Å²) in [4.78, 5) is 15.6. The van der Waals surface area contributed by atoms with Gasteiger partial charge in [-0.05, 0) is 169 Å². The summed E-state index contributed by atoms with van der Waals surface area (Å²) in [5.41, 5.74) is 12.1. The predicted octanol–water partition coefficient (Wildman–Crippen LogP) is 13.0. The minimum atomic E-state index is 0.368. The van der Waals surface area contributed by atoms with Crippen molar-refractivity contribution in [3.63, 3.8) is 0 Å². The highest BCUT2D eigenvalue weighted by atomic mass is 15.0. The minimum absolute atomic E-state index is 0.368. The highest BCUT2D eigenvalue weighted by Gasteiger charge is 2.52. The molecule has 8 bridgehead atoms. The van der Waals surface area contributed by atoms with E-state index in [1.165, 1.54) is 88.2 Å². The topological polar surface area (TPSA) is 62.5 Å². The van der Waals surface area contributed by atoms with Crippen LogP contribution in [0, 0.1) is 46.8 Å². The van der Waals surface area contributed by atoms with Gasteiger partial charge < -0.3 is 0 Å². The van der Waals surface area contributed by atoms with Gasteiger partial charge in [-0.25, -0.2) is 15.0 Å². The Balaban J connectivity index is 0.870. The number of rotatable bonds is 7. The molecule has 0 saturated heterocycles. The smallest absolute Gasteiger partial charge is 0.164 e. The molecule has 1 aromatic heterocycles. The number of hydrogen-bond acceptors (Lipinski definition) is 4. The van der Waals surface area contributed by atoms with Crippen LogP contribution in [-0.2, 0) is 10.8 Å². The van der Waals surface area contributed by atoms with Crippen molar-refractivity contribution in [2.45, 2.75) is 87.9 Å². The number of hydrogen-bond donors (Lipinski definition) is 0. The zero-order chi connectivity index (χ0) is 38.4. The molecule has 8 saturated carbocycles. The first-order valence-electron chi connectivity index (χ1n) is 22.1. The highest BCUT2D eigenvalue weighted by molar-refractivity contribution is 5.73.